The lowest BCUT2D eigenvalue weighted by Crippen LogP contribution is -2.35. The first-order chi connectivity index (χ1) is 10.0. The Kier molecular flexibility index (Phi) is 4.94. The molecule has 0 aromatic carbocycles. The summed E-state index contributed by atoms with van der Waals surface area (Å²) in [5.41, 5.74) is 0.696. The minimum Gasteiger partial charge on any atom is -0.492 e. The van der Waals surface area contributed by atoms with Crippen LogP contribution >= 0.6 is 0 Å². The topological polar surface area (TPSA) is 63.7 Å². The molecule has 5 heteroatoms. The molecule has 5 nitrogen and oxygen atoms in total. The molecule has 1 aliphatic heterocycles. The molecule has 0 N–H and O–H groups in total. The summed E-state index contributed by atoms with van der Waals surface area (Å²) >= 11 is 0. The van der Waals surface area contributed by atoms with E-state index in [2.05, 4.69) is 0 Å². The summed E-state index contributed by atoms with van der Waals surface area (Å²) < 4.78 is 5.01. The van der Waals surface area contributed by atoms with Gasteiger partial charge in [-0.1, -0.05) is 0 Å². The van der Waals surface area contributed by atoms with Gasteiger partial charge in [0.1, 0.15) is 0 Å². The van der Waals surface area contributed by atoms with E-state index < -0.39 is 0 Å². The van der Waals surface area contributed by atoms with Crippen molar-refractivity contribution in [1.29, 1.82) is 0 Å². The molecule has 2 rings (SSSR count). The Bertz CT molecular complexity index is 524. The van der Waals surface area contributed by atoms with E-state index in [0.29, 0.717) is 17.6 Å². The molecule has 0 bridgehead atoms. The van der Waals surface area contributed by atoms with Gasteiger partial charge in [0.2, 0.25) is 11.7 Å². The third-order valence-electron chi connectivity index (χ3n) is 4.03. The number of rotatable bonds is 4. The van der Waals surface area contributed by atoms with Crippen LogP contribution in [0, 0.1) is 0 Å². The highest BCUT2D eigenvalue weighted by molar-refractivity contribution is 6.21. The predicted molar refractivity (Wildman–Crippen MR) is 77.5 cm³/mol. The van der Waals surface area contributed by atoms with Gasteiger partial charge in [0, 0.05) is 30.7 Å². The van der Waals surface area contributed by atoms with E-state index in [1.165, 1.54) is 19.6 Å². The van der Waals surface area contributed by atoms with E-state index in [1.54, 1.807) is 6.92 Å². The number of carbonyl (C=O) groups is 3. The minimum absolute atomic E-state index is 0.0566. The van der Waals surface area contributed by atoms with E-state index >= 15 is 0 Å². The highest BCUT2D eigenvalue weighted by Crippen LogP contribution is 2.23. The summed E-state index contributed by atoms with van der Waals surface area (Å²) in [6.07, 6.45) is 5.15. The van der Waals surface area contributed by atoms with Crippen LogP contribution in [0.3, 0.4) is 0 Å². The van der Waals surface area contributed by atoms with Gasteiger partial charge in [-0.05, 0) is 38.7 Å². The molecule has 1 amide bonds. The van der Waals surface area contributed by atoms with Crippen molar-refractivity contribution in [2.45, 2.75) is 39.0 Å². The summed E-state index contributed by atoms with van der Waals surface area (Å²) in [5.74, 6) is -0.336. The summed E-state index contributed by atoms with van der Waals surface area (Å²) in [6, 6.07) is 0. The molecule has 1 fully saturated rings. The molecule has 0 aromatic rings. The van der Waals surface area contributed by atoms with E-state index in [0.717, 1.165) is 25.9 Å². The van der Waals surface area contributed by atoms with E-state index in [4.69, 9.17) is 4.74 Å². The average Bonchev–Trinajstić information content (AvgIpc) is 2.51. The zero-order valence-corrected chi connectivity index (χ0v) is 12.6. The van der Waals surface area contributed by atoms with Crippen LogP contribution in [0.5, 0.6) is 0 Å². The lowest BCUT2D eigenvalue weighted by Gasteiger charge is -2.27. The fourth-order valence-corrected chi connectivity index (χ4v) is 2.73. The molecule has 0 saturated carbocycles. The van der Waals surface area contributed by atoms with Gasteiger partial charge >= 0.3 is 0 Å². The van der Waals surface area contributed by atoms with E-state index in [9.17, 15) is 14.4 Å². The maximum absolute atomic E-state index is 12.2. The SMILES string of the molecule is COC1=C(C)C(=O)C=C(CCC(=O)N2CCCCC2)C1=O. The minimum atomic E-state index is -0.277. The lowest BCUT2D eigenvalue weighted by atomic mass is 9.93. The molecule has 21 heavy (non-hydrogen) atoms. The largest absolute Gasteiger partial charge is 0.492 e. The van der Waals surface area contributed by atoms with Crippen molar-refractivity contribution >= 4 is 17.5 Å². The Balaban J connectivity index is 1.97. The number of hydrogen-bond acceptors (Lipinski definition) is 4. The summed E-state index contributed by atoms with van der Waals surface area (Å²) in [5, 5.41) is 0. The number of piperidine rings is 1. The van der Waals surface area contributed by atoms with Crippen LogP contribution < -0.4 is 0 Å². The van der Waals surface area contributed by atoms with Crippen LogP contribution in [0.25, 0.3) is 0 Å². The van der Waals surface area contributed by atoms with Crippen molar-refractivity contribution in [2.24, 2.45) is 0 Å². The molecule has 2 aliphatic rings. The molecule has 0 radical (unpaired) electrons. The monoisotopic (exact) mass is 291 g/mol. The predicted octanol–water partition coefficient (Wildman–Crippen LogP) is 1.78. The first kappa shape index (κ1) is 15.5. The Morgan fingerprint density at radius 1 is 1.24 bits per heavy atom. The molecule has 1 heterocycles. The molecule has 0 aromatic heterocycles. The van der Waals surface area contributed by atoms with Gasteiger partial charge in [0.25, 0.3) is 0 Å². The highest BCUT2D eigenvalue weighted by Gasteiger charge is 2.27. The summed E-state index contributed by atoms with van der Waals surface area (Å²) in [4.78, 5) is 37.9. The fourth-order valence-electron chi connectivity index (χ4n) is 2.73. The second kappa shape index (κ2) is 6.70. The maximum Gasteiger partial charge on any atom is 0.224 e. The number of hydrogen-bond donors (Lipinski definition) is 0. The second-order valence-electron chi connectivity index (χ2n) is 5.46. The number of ketones is 2. The van der Waals surface area contributed by atoms with Crippen molar-refractivity contribution in [3.8, 4) is 0 Å². The second-order valence-corrected chi connectivity index (χ2v) is 5.46. The Morgan fingerprint density at radius 3 is 2.52 bits per heavy atom. The van der Waals surface area contributed by atoms with Gasteiger partial charge in [-0.2, -0.15) is 0 Å². The highest BCUT2D eigenvalue weighted by atomic mass is 16.5. The smallest absolute Gasteiger partial charge is 0.224 e. The number of Topliss-reactive ketones (excluding diaryl/α,β-unsaturated/α-hetero) is 1. The maximum atomic E-state index is 12.2. The van der Waals surface area contributed by atoms with Crippen LogP contribution in [-0.2, 0) is 19.1 Å². The molecule has 0 atom stereocenters. The third kappa shape index (κ3) is 3.40. The third-order valence-corrected chi connectivity index (χ3v) is 4.03. The number of ether oxygens (including phenoxy) is 1. The zero-order chi connectivity index (χ0) is 15.4. The molecular formula is C16H21NO4. The van der Waals surface area contributed by atoms with Gasteiger partial charge in [-0.25, -0.2) is 0 Å². The van der Waals surface area contributed by atoms with Crippen LogP contribution in [-0.4, -0.2) is 42.6 Å². The summed E-state index contributed by atoms with van der Waals surface area (Å²) in [7, 11) is 1.38. The average molecular weight is 291 g/mol. The Hall–Kier alpha value is -1.91. The summed E-state index contributed by atoms with van der Waals surface area (Å²) in [6.45, 7) is 3.17. The van der Waals surface area contributed by atoms with E-state index in [-0.39, 0.29) is 29.7 Å². The van der Waals surface area contributed by atoms with Crippen molar-refractivity contribution in [1.82, 2.24) is 4.90 Å². The van der Waals surface area contributed by atoms with Crippen molar-refractivity contribution in [2.75, 3.05) is 20.2 Å². The number of methoxy groups -OCH3 is 1. The van der Waals surface area contributed by atoms with Crippen LogP contribution in [0.1, 0.15) is 39.0 Å². The van der Waals surface area contributed by atoms with Crippen LogP contribution in [0.2, 0.25) is 0 Å². The standard InChI is InChI=1S/C16H21NO4/c1-11-13(18)10-12(15(20)16(11)21-2)6-7-14(19)17-8-4-3-5-9-17/h10H,3-9H2,1-2H3. The van der Waals surface area contributed by atoms with Gasteiger partial charge in [-0.15, -0.1) is 0 Å². The van der Waals surface area contributed by atoms with Gasteiger partial charge < -0.3 is 9.64 Å². The van der Waals surface area contributed by atoms with Gasteiger partial charge in [0.15, 0.2) is 11.5 Å². The quantitative estimate of drug-likeness (QED) is 0.741. The normalized spacial score (nSPS) is 19.7. The molecule has 0 spiro atoms. The zero-order valence-electron chi connectivity index (χ0n) is 12.6. The molecule has 114 valence electrons. The first-order valence-corrected chi connectivity index (χ1v) is 7.37. The van der Waals surface area contributed by atoms with Gasteiger partial charge in [0.05, 0.1) is 7.11 Å². The van der Waals surface area contributed by atoms with E-state index in [1.807, 2.05) is 4.90 Å². The Labute approximate surface area is 124 Å². The van der Waals surface area contributed by atoms with Crippen molar-refractivity contribution < 1.29 is 19.1 Å². The number of carbonyl (C=O) groups excluding carboxylic acids is 3. The van der Waals surface area contributed by atoms with Crippen LogP contribution in [0.15, 0.2) is 23.0 Å². The molecular weight excluding hydrogens is 270 g/mol. The van der Waals surface area contributed by atoms with Crippen LogP contribution in [0.4, 0.5) is 0 Å². The first-order valence-electron chi connectivity index (χ1n) is 7.37. The molecule has 1 saturated heterocycles. The number of amides is 1. The van der Waals surface area contributed by atoms with Gasteiger partial charge in [-0.3, -0.25) is 14.4 Å². The number of likely N-dealkylation sites (tertiary alicyclic amines) is 1. The fraction of sp³-hybridized carbons (Fsp3) is 0.562. The lowest BCUT2D eigenvalue weighted by molar-refractivity contribution is -0.132. The molecule has 0 unspecified atom stereocenters. The molecule has 1 aliphatic carbocycles. The van der Waals surface area contributed by atoms with Crippen molar-refractivity contribution in [3.63, 3.8) is 0 Å². The Morgan fingerprint density at radius 2 is 1.90 bits per heavy atom. The number of nitrogens with zero attached hydrogens (tertiary/aromatic N) is 1. The number of allylic oxidation sites excluding steroid dienone is 3. The van der Waals surface area contributed by atoms with Crippen molar-refractivity contribution in [3.05, 3.63) is 23.0 Å².